The summed E-state index contributed by atoms with van der Waals surface area (Å²) >= 11 is 1.64. The lowest BCUT2D eigenvalue weighted by Crippen LogP contribution is -2.33. The number of hydrogen-bond acceptors (Lipinski definition) is 6. The van der Waals surface area contributed by atoms with Gasteiger partial charge in [-0.2, -0.15) is 0 Å². The Morgan fingerprint density at radius 2 is 2.17 bits per heavy atom. The molecule has 0 saturated heterocycles. The summed E-state index contributed by atoms with van der Waals surface area (Å²) in [5.74, 6) is 0. The van der Waals surface area contributed by atoms with E-state index in [9.17, 15) is 0 Å². The van der Waals surface area contributed by atoms with Crippen LogP contribution in [0.5, 0.6) is 0 Å². The van der Waals surface area contributed by atoms with Crippen LogP contribution in [0.3, 0.4) is 0 Å². The summed E-state index contributed by atoms with van der Waals surface area (Å²) in [5, 5.41) is 13.6. The molecule has 0 aliphatic carbocycles. The summed E-state index contributed by atoms with van der Waals surface area (Å²) in [6.45, 7) is 9.97. The van der Waals surface area contributed by atoms with E-state index in [1.54, 1.807) is 18.4 Å². The third kappa shape index (κ3) is 5.29. The number of nitrogens with one attached hydrogen (secondary N) is 1. The largest absolute Gasteiger partial charge is 0.383 e. The van der Waals surface area contributed by atoms with Crippen molar-refractivity contribution in [1.82, 2.24) is 15.1 Å². The minimum Gasteiger partial charge on any atom is -0.383 e. The van der Waals surface area contributed by atoms with Crippen molar-refractivity contribution in [3.05, 3.63) is 5.01 Å². The lowest BCUT2D eigenvalue weighted by Gasteiger charge is -2.24. The van der Waals surface area contributed by atoms with Gasteiger partial charge in [0.2, 0.25) is 5.13 Å². The molecule has 0 radical (unpaired) electrons. The Bertz CT molecular complexity index is 330. The van der Waals surface area contributed by atoms with E-state index in [4.69, 9.17) is 4.74 Å². The van der Waals surface area contributed by atoms with E-state index in [1.807, 2.05) is 0 Å². The van der Waals surface area contributed by atoms with Crippen molar-refractivity contribution in [3.8, 4) is 0 Å². The van der Waals surface area contributed by atoms with E-state index < -0.39 is 0 Å². The SMILES string of the molecule is CCCNc1nnc(CN(CCOC)C(C)C)s1. The van der Waals surface area contributed by atoms with Crippen LogP contribution >= 0.6 is 11.3 Å². The molecule has 0 amide bonds. The molecular formula is C12H24N4OS. The second-order valence-electron chi connectivity index (χ2n) is 4.48. The molecule has 5 nitrogen and oxygen atoms in total. The summed E-state index contributed by atoms with van der Waals surface area (Å²) in [4.78, 5) is 2.34. The van der Waals surface area contributed by atoms with Crippen molar-refractivity contribution in [3.63, 3.8) is 0 Å². The number of ether oxygens (including phenoxy) is 1. The topological polar surface area (TPSA) is 50.3 Å². The fraction of sp³-hybridized carbons (Fsp3) is 0.833. The maximum absolute atomic E-state index is 5.13. The van der Waals surface area contributed by atoms with Crippen molar-refractivity contribution in [2.45, 2.75) is 39.8 Å². The summed E-state index contributed by atoms with van der Waals surface area (Å²) in [6, 6.07) is 0.483. The van der Waals surface area contributed by atoms with Crippen molar-refractivity contribution in [2.24, 2.45) is 0 Å². The molecule has 0 atom stereocenters. The number of methoxy groups -OCH3 is 1. The van der Waals surface area contributed by atoms with E-state index in [0.717, 1.165) is 42.8 Å². The molecule has 0 spiro atoms. The fourth-order valence-electron chi connectivity index (χ4n) is 1.52. The normalized spacial score (nSPS) is 11.4. The van der Waals surface area contributed by atoms with E-state index in [0.29, 0.717) is 6.04 Å². The van der Waals surface area contributed by atoms with Crippen LogP contribution in [-0.2, 0) is 11.3 Å². The van der Waals surface area contributed by atoms with Crippen LogP contribution in [0.4, 0.5) is 5.13 Å². The van der Waals surface area contributed by atoms with Gasteiger partial charge in [0, 0.05) is 26.2 Å². The van der Waals surface area contributed by atoms with E-state index >= 15 is 0 Å². The quantitative estimate of drug-likeness (QED) is 0.747. The number of anilines is 1. The fourth-order valence-corrected chi connectivity index (χ4v) is 2.31. The molecule has 0 aromatic carbocycles. The average Bonchev–Trinajstić information content (AvgIpc) is 2.79. The maximum Gasteiger partial charge on any atom is 0.205 e. The van der Waals surface area contributed by atoms with Gasteiger partial charge in [-0.15, -0.1) is 10.2 Å². The Morgan fingerprint density at radius 3 is 2.78 bits per heavy atom. The summed E-state index contributed by atoms with van der Waals surface area (Å²) in [6.07, 6.45) is 1.10. The third-order valence-electron chi connectivity index (χ3n) is 2.64. The third-order valence-corrected chi connectivity index (χ3v) is 3.51. The van der Waals surface area contributed by atoms with Crippen molar-refractivity contribution < 1.29 is 4.74 Å². The molecule has 18 heavy (non-hydrogen) atoms. The molecule has 0 saturated carbocycles. The zero-order valence-electron chi connectivity index (χ0n) is 11.8. The van der Waals surface area contributed by atoms with E-state index in [2.05, 4.69) is 41.2 Å². The van der Waals surface area contributed by atoms with Crippen LogP contribution in [0.1, 0.15) is 32.2 Å². The lowest BCUT2D eigenvalue weighted by molar-refractivity contribution is 0.124. The zero-order valence-corrected chi connectivity index (χ0v) is 12.6. The predicted molar refractivity (Wildman–Crippen MR) is 76.1 cm³/mol. The molecule has 0 unspecified atom stereocenters. The first-order valence-electron chi connectivity index (χ1n) is 6.46. The average molecular weight is 272 g/mol. The molecule has 0 aliphatic rings. The molecule has 1 heterocycles. The second-order valence-corrected chi connectivity index (χ2v) is 5.55. The molecule has 1 rings (SSSR count). The van der Waals surface area contributed by atoms with Crippen LogP contribution in [0.25, 0.3) is 0 Å². The van der Waals surface area contributed by atoms with E-state index in [1.165, 1.54) is 0 Å². The standard InChI is InChI=1S/C12H24N4OS/c1-5-6-13-12-15-14-11(18-12)9-16(10(2)3)7-8-17-4/h10H,5-9H2,1-4H3,(H,13,15). The Balaban J connectivity index is 2.49. The highest BCUT2D eigenvalue weighted by Gasteiger charge is 2.13. The number of aromatic nitrogens is 2. The van der Waals surface area contributed by atoms with Gasteiger partial charge in [0.05, 0.1) is 13.2 Å². The molecule has 0 bridgehead atoms. The minimum atomic E-state index is 0.483. The molecule has 6 heteroatoms. The van der Waals surface area contributed by atoms with Crippen molar-refractivity contribution >= 4 is 16.5 Å². The van der Waals surface area contributed by atoms with E-state index in [-0.39, 0.29) is 0 Å². The molecule has 0 aliphatic heterocycles. The highest BCUT2D eigenvalue weighted by atomic mass is 32.1. The Labute approximate surface area is 114 Å². The van der Waals surface area contributed by atoms with Gasteiger partial charge in [0.15, 0.2) is 0 Å². The van der Waals surface area contributed by atoms with Crippen LogP contribution in [0.2, 0.25) is 0 Å². The van der Waals surface area contributed by atoms with Crippen LogP contribution in [0.15, 0.2) is 0 Å². The molecule has 1 aromatic heterocycles. The van der Waals surface area contributed by atoms with Crippen LogP contribution in [0, 0.1) is 0 Å². The molecule has 1 N–H and O–H groups in total. The van der Waals surface area contributed by atoms with Gasteiger partial charge in [-0.3, -0.25) is 4.90 Å². The van der Waals surface area contributed by atoms with Crippen LogP contribution < -0.4 is 5.32 Å². The highest BCUT2D eigenvalue weighted by molar-refractivity contribution is 7.15. The number of hydrogen-bond donors (Lipinski definition) is 1. The molecule has 104 valence electrons. The lowest BCUT2D eigenvalue weighted by atomic mass is 10.3. The summed E-state index contributed by atoms with van der Waals surface area (Å²) in [5.41, 5.74) is 0. The van der Waals surface area contributed by atoms with Gasteiger partial charge in [0.1, 0.15) is 5.01 Å². The number of nitrogens with zero attached hydrogens (tertiary/aromatic N) is 3. The Hall–Kier alpha value is -0.720. The van der Waals surface area contributed by atoms with Crippen LogP contribution in [-0.4, -0.2) is 47.9 Å². The zero-order chi connectivity index (χ0) is 13.4. The smallest absolute Gasteiger partial charge is 0.205 e. The van der Waals surface area contributed by atoms with Gasteiger partial charge in [-0.1, -0.05) is 18.3 Å². The van der Waals surface area contributed by atoms with Gasteiger partial charge in [0.25, 0.3) is 0 Å². The van der Waals surface area contributed by atoms with Gasteiger partial charge >= 0.3 is 0 Å². The summed E-state index contributed by atoms with van der Waals surface area (Å²) in [7, 11) is 1.73. The number of rotatable bonds is 9. The first-order chi connectivity index (χ1) is 8.67. The van der Waals surface area contributed by atoms with Crippen molar-refractivity contribution in [2.75, 3.05) is 32.1 Å². The molecular weight excluding hydrogens is 248 g/mol. The Kier molecular flexibility index (Phi) is 7.15. The van der Waals surface area contributed by atoms with Gasteiger partial charge in [-0.25, -0.2) is 0 Å². The van der Waals surface area contributed by atoms with Gasteiger partial charge in [-0.05, 0) is 20.3 Å². The Morgan fingerprint density at radius 1 is 1.39 bits per heavy atom. The highest BCUT2D eigenvalue weighted by Crippen LogP contribution is 2.17. The first kappa shape index (κ1) is 15.3. The summed E-state index contributed by atoms with van der Waals surface area (Å²) < 4.78 is 5.13. The predicted octanol–water partition coefficient (Wildman–Crippen LogP) is 2.22. The van der Waals surface area contributed by atoms with Crippen molar-refractivity contribution in [1.29, 1.82) is 0 Å². The maximum atomic E-state index is 5.13. The monoisotopic (exact) mass is 272 g/mol. The molecule has 0 fully saturated rings. The minimum absolute atomic E-state index is 0.483. The van der Waals surface area contributed by atoms with Gasteiger partial charge < -0.3 is 10.1 Å². The second kappa shape index (κ2) is 8.39. The first-order valence-corrected chi connectivity index (χ1v) is 7.28. The molecule has 1 aromatic rings.